The molecule has 0 aliphatic heterocycles. The number of rotatable bonds is 6. The van der Waals surface area contributed by atoms with E-state index in [2.05, 4.69) is 0 Å². The third kappa shape index (κ3) is 6.54. The van der Waals surface area contributed by atoms with Crippen LogP contribution in [0.5, 0.6) is 0 Å². The lowest BCUT2D eigenvalue weighted by molar-refractivity contribution is 0.0855. The fourth-order valence-electron chi connectivity index (χ4n) is 1.19. The summed E-state index contributed by atoms with van der Waals surface area (Å²) in [5, 5.41) is 18.2. The molecule has 0 heterocycles. The molecule has 4 N–H and O–H groups in total. The average Bonchev–Trinajstić information content (AvgIpc) is 1.84. The van der Waals surface area contributed by atoms with Crippen LogP contribution in [0.3, 0.4) is 0 Å². The molecule has 0 amide bonds. The Balaban J connectivity index is 3.69. The van der Waals surface area contributed by atoms with Crippen LogP contribution in [0.25, 0.3) is 0 Å². The number of aliphatic hydroxyl groups is 2. The van der Waals surface area contributed by atoms with Crippen molar-refractivity contribution in [2.75, 3.05) is 26.2 Å². The standard InChI is InChI=1S/C8H20N2O2/c1-7(11)5-10(4-3-9)6-8(2)12/h7-8,11-12H,3-6,9H2,1-2H3. The number of nitrogens with zero attached hydrogens (tertiary/aromatic N) is 1. The van der Waals surface area contributed by atoms with Gasteiger partial charge in [-0.05, 0) is 13.8 Å². The summed E-state index contributed by atoms with van der Waals surface area (Å²) in [6.07, 6.45) is -0.731. The summed E-state index contributed by atoms with van der Waals surface area (Å²) in [7, 11) is 0. The molecule has 0 aromatic heterocycles. The van der Waals surface area contributed by atoms with Crippen LogP contribution < -0.4 is 5.73 Å². The topological polar surface area (TPSA) is 69.7 Å². The lowest BCUT2D eigenvalue weighted by Gasteiger charge is -2.24. The summed E-state index contributed by atoms with van der Waals surface area (Å²) >= 11 is 0. The Kier molecular flexibility index (Phi) is 6.28. The zero-order valence-corrected chi connectivity index (χ0v) is 7.90. The minimum Gasteiger partial charge on any atom is -0.392 e. The molecule has 0 aliphatic carbocycles. The molecule has 0 aromatic rings. The maximum absolute atomic E-state index is 9.10. The highest BCUT2D eigenvalue weighted by Gasteiger charge is 2.09. The van der Waals surface area contributed by atoms with E-state index in [1.165, 1.54) is 0 Å². The molecule has 0 aliphatic rings. The average molecular weight is 176 g/mol. The fraction of sp³-hybridized carbons (Fsp3) is 1.00. The van der Waals surface area contributed by atoms with Crippen molar-refractivity contribution >= 4 is 0 Å². The number of aliphatic hydroxyl groups excluding tert-OH is 2. The van der Waals surface area contributed by atoms with Crippen LogP contribution in [-0.4, -0.2) is 53.5 Å². The molecule has 0 rings (SSSR count). The van der Waals surface area contributed by atoms with E-state index in [4.69, 9.17) is 15.9 Å². The minimum atomic E-state index is -0.365. The van der Waals surface area contributed by atoms with Gasteiger partial charge in [-0.1, -0.05) is 0 Å². The maximum atomic E-state index is 9.10. The molecule has 0 fully saturated rings. The molecular weight excluding hydrogens is 156 g/mol. The maximum Gasteiger partial charge on any atom is 0.0639 e. The summed E-state index contributed by atoms with van der Waals surface area (Å²) in [6, 6.07) is 0. The van der Waals surface area contributed by atoms with Gasteiger partial charge in [-0.3, -0.25) is 4.90 Å². The Morgan fingerprint density at radius 3 is 1.83 bits per heavy atom. The third-order valence-corrected chi connectivity index (χ3v) is 1.49. The largest absolute Gasteiger partial charge is 0.392 e. The highest BCUT2D eigenvalue weighted by Crippen LogP contribution is 1.94. The first-order valence-corrected chi connectivity index (χ1v) is 4.34. The van der Waals surface area contributed by atoms with Gasteiger partial charge in [0, 0.05) is 26.2 Å². The lowest BCUT2D eigenvalue weighted by Crippen LogP contribution is -2.39. The van der Waals surface area contributed by atoms with Gasteiger partial charge in [0.05, 0.1) is 12.2 Å². The quantitative estimate of drug-likeness (QED) is 0.486. The third-order valence-electron chi connectivity index (χ3n) is 1.49. The van der Waals surface area contributed by atoms with Crippen molar-refractivity contribution in [3.63, 3.8) is 0 Å². The highest BCUT2D eigenvalue weighted by molar-refractivity contribution is 4.64. The van der Waals surface area contributed by atoms with Gasteiger partial charge in [0.25, 0.3) is 0 Å². The van der Waals surface area contributed by atoms with E-state index in [9.17, 15) is 0 Å². The smallest absolute Gasteiger partial charge is 0.0639 e. The van der Waals surface area contributed by atoms with E-state index in [0.29, 0.717) is 19.6 Å². The van der Waals surface area contributed by atoms with Crippen molar-refractivity contribution in [2.24, 2.45) is 5.73 Å². The summed E-state index contributed by atoms with van der Waals surface area (Å²) in [5.41, 5.74) is 5.38. The van der Waals surface area contributed by atoms with E-state index in [-0.39, 0.29) is 12.2 Å². The normalized spacial score (nSPS) is 16.5. The van der Waals surface area contributed by atoms with Gasteiger partial charge >= 0.3 is 0 Å². The molecular formula is C8H20N2O2. The van der Waals surface area contributed by atoms with Crippen LogP contribution >= 0.6 is 0 Å². The van der Waals surface area contributed by atoms with Crippen molar-refractivity contribution in [3.05, 3.63) is 0 Å². The van der Waals surface area contributed by atoms with E-state index in [0.717, 1.165) is 6.54 Å². The zero-order valence-electron chi connectivity index (χ0n) is 7.90. The summed E-state index contributed by atoms with van der Waals surface area (Å²) in [4.78, 5) is 1.95. The molecule has 0 radical (unpaired) electrons. The Bertz CT molecular complexity index is 97.2. The summed E-state index contributed by atoms with van der Waals surface area (Å²) in [6.45, 7) is 5.87. The molecule has 12 heavy (non-hydrogen) atoms. The predicted octanol–water partition coefficient (Wildman–Crippen LogP) is -0.991. The minimum absolute atomic E-state index is 0.365. The van der Waals surface area contributed by atoms with Crippen LogP contribution in [0, 0.1) is 0 Å². The second-order valence-corrected chi connectivity index (χ2v) is 3.25. The lowest BCUT2D eigenvalue weighted by atomic mass is 10.3. The first-order chi connectivity index (χ1) is 5.56. The van der Waals surface area contributed by atoms with Gasteiger partial charge in [-0.15, -0.1) is 0 Å². The summed E-state index contributed by atoms with van der Waals surface area (Å²) < 4.78 is 0. The van der Waals surface area contributed by atoms with Crippen molar-refractivity contribution in [3.8, 4) is 0 Å². The Labute approximate surface area is 74.0 Å². The van der Waals surface area contributed by atoms with Crippen LogP contribution in [-0.2, 0) is 0 Å². The monoisotopic (exact) mass is 176 g/mol. The molecule has 0 saturated heterocycles. The van der Waals surface area contributed by atoms with Crippen molar-refractivity contribution in [1.29, 1.82) is 0 Å². The van der Waals surface area contributed by atoms with Gasteiger partial charge in [0.1, 0.15) is 0 Å². The van der Waals surface area contributed by atoms with Gasteiger partial charge in [0.15, 0.2) is 0 Å². The molecule has 0 aromatic carbocycles. The Hall–Kier alpha value is -0.160. The van der Waals surface area contributed by atoms with Crippen molar-refractivity contribution < 1.29 is 10.2 Å². The molecule has 0 saturated carbocycles. The first kappa shape index (κ1) is 11.8. The molecule has 0 bridgehead atoms. The van der Waals surface area contributed by atoms with Crippen LogP contribution in [0.2, 0.25) is 0 Å². The van der Waals surface area contributed by atoms with Crippen LogP contribution in [0.1, 0.15) is 13.8 Å². The number of hydrogen-bond donors (Lipinski definition) is 3. The number of nitrogens with two attached hydrogens (primary N) is 1. The van der Waals surface area contributed by atoms with Gasteiger partial charge in [-0.25, -0.2) is 0 Å². The van der Waals surface area contributed by atoms with Crippen LogP contribution in [0.4, 0.5) is 0 Å². The molecule has 74 valence electrons. The van der Waals surface area contributed by atoms with Gasteiger partial charge < -0.3 is 15.9 Å². The number of hydrogen-bond acceptors (Lipinski definition) is 4. The van der Waals surface area contributed by atoms with E-state index < -0.39 is 0 Å². The first-order valence-electron chi connectivity index (χ1n) is 4.34. The molecule has 0 spiro atoms. The van der Waals surface area contributed by atoms with E-state index >= 15 is 0 Å². The molecule has 2 unspecified atom stereocenters. The SMILES string of the molecule is CC(O)CN(CCN)CC(C)O. The second-order valence-electron chi connectivity index (χ2n) is 3.25. The predicted molar refractivity (Wildman–Crippen MR) is 48.9 cm³/mol. The molecule has 4 heteroatoms. The fourth-order valence-corrected chi connectivity index (χ4v) is 1.19. The van der Waals surface area contributed by atoms with E-state index in [1.54, 1.807) is 13.8 Å². The van der Waals surface area contributed by atoms with E-state index in [1.807, 2.05) is 4.90 Å². The van der Waals surface area contributed by atoms with Gasteiger partial charge in [-0.2, -0.15) is 0 Å². The van der Waals surface area contributed by atoms with Gasteiger partial charge in [0.2, 0.25) is 0 Å². The Morgan fingerprint density at radius 1 is 1.17 bits per heavy atom. The zero-order chi connectivity index (χ0) is 9.56. The molecule has 4 nitrogen and oxygen atoms in total. The second kappa shape index (κ2) is 6.37. The summed E-state index contributed by atoms with van der Waals surface area (Å²) in [5.74, 6) is 0. The van der Waals surface area contributed by atoms with Crippen molar-refractivity contribution in [2.45, 2.75) is 26.1 Å². The highest BCUT2D eigenvalue weighted by atomic mass is 16.3. The van der Waals surface area contributed by atoms with Crippen molar-refractivity contribution in [1.82, 2.24) is 4.90 Å². The molecule has 2 atom stereocenters. The Morgan fingerprint density at radius 2 is 1.58 bits per heavy atom. The van der Waals surface area contributed by atoms with Crippen LogP contribution in [0.15, 0.2) is 0 Å².